The Morgan fingerprint density at radius 2 is 1.85 bits per heavy atom. The molecule has 1 aromatic carbocycles. The number of esters is 1. The Morgan fingerprint density at radius 1 is 1.20 bits per heavy atom. The molecule has 2 aromatic rings. The molecule has 1 heterocycles. The molecule has 0 atom stereocenters. The Kier molecular flexibility index (Phi) is 4.24. The smallest absolute Gasteiger partial charge is 0.339 e. The SMILES string of the molecule is COC(=O)c1cc(Sc2nc(C)cc(C)n2)ccc1N. The fraction of sp³-hybridized carbons (Fsp3) is 0.214. The summed E-state index contributed by atoms with van der Waals surface area (Å²) in [6.45, 7) is 3.84. The molecule has 6 heteroatoms. The van der Waals surface area contributed by atoms with Gasteiger partial charge in [0.05, 0.1) is 12.7 Å². The normalized spacial score (nSPS) is 10.3. The summed E-state index contributed by atoms with van der Waals surface area (Å²) in [6.07, 6.45) is 0. The summed E-state index contributed by atoms with van der Waals surface area (Å²) in [5, 5.41) is 0.642. The number of methoxy groups -OCH3 is 1. The van der Waals surface area contributed by atoms with Crippen molar-refractivity contribution >= 4 is 23.4 Å². The van der Waals surface area contributed by atoms with Gasteiger partial charge >= 0.3 is 5.97 Å². The van der Waals surface area contributed by atoms with E-state index in [1.807, 2.05) is 26.0 Å². The average molecular weight is 289 g/mol. The van der Waals surface area contributed by atoms with Crippen molar-refractivity contribution in [3.05, 3.63) is 41.2 Å². The largest absolute Gasteiger partial charge is 0.465 e. The van der Waals surface area contributed by atoms with Gasteiger partial charge in [-0.2, -0.15) is 0 Å². The zero-order chi connectivity index (χ0) is 14.7. The van der Waals surface area contributed by atoms with Crippen molar-refractivity contribution in [2.45, 2.75) is 23.9 Å². The molecule has 0 saturated heterocycles. The van der Waals surface area contributed by atoms with Gasteiger partial charge in [0.15, 0.2) is 5.16 Å². The zero-order valence-electron chi connectivity index (χ0n) is 11.5. The first kappa shape index (κ1) is 14.3. The second-order valence-electron chi connectivity index (χ2n) is 4.28. The van der Waals surface area contributed by atoms with Gasteiger partial charge in [0.2, 0.25) is 0 Å². The molecule has 1 aromatic heterocycles. The maximum atomic E-state index is 11.6. The standard InChI is InChI=1S/C14H15N3O2S/c1-8-6-9(2)17-14(16-8)20-10-4-5-12(15)11(7-10)13(18)19-3/h4-7H,15H2,1-3H3. The van der Waals surface area contributed by atoms with Crippen molar-refractivity contribution in [2.75, 3.05) is 12.8 Å². The van der Waals surface area contributed by atoms with Crippen LogP contribution in [-0.2, 0) is 4.74 Å². The zero-order valence-corrected chi connectivity index (χ0v) is 12.3. The maximum absolute atomic E-state index is 11.6. The van der Waals surface area contributed by atoms with Gasteiger partial charge in [0.1, 0.15) is 0 Å². The number of hydrogen-bond donors (Lipinski definition) is 1. The molecule has 0 unspecified atom stereocenters. The number of nitrogens with two attached hydrogens (primary N) is 1. The molecule has 0 aliphatic rings. The molecule has 20 heavy (non-hydrogen) atoms. The van der Waals surface area contributed by atoms with Crippen LogP contribution in [0.25, 0.3) is 0 Å². The van der Waals surface area contributed by atoms with Crippen LogP contribution in [-0.4, -0.2) is 23.0 Å². The molecule has 0 amide bonds. The van der Waals surface area contributed by atoms with Gasteiger partial charge in [-0.15, -0.1) is 0 Å². The lowest BCUT2D eigenvalue weighted by molar-refractivity contribution is 0.0601. The molecule has 0 fully saturated rings. The van der Waals surface area contributed by atoms with E-state index in [-0.39, 0.29) is 0 Å². The fourth-order valence-corrected chi connectivity index (χ4v) is 2.63. The summed E-state index contributed by atoms with van der Waals surface area (Å²) in [6, 6.07) is 7.10. The van der Waals surface area contributed by atoms with Gasteiger partial charge in [-0.1, -0.05) is 0 Å². The molecule has 2 N–H and O–H groups in total. The number of benzene rings is 1. The van der Waals surface area contributed by atoms with Crippen LogP contribution in [0.2, 0.25) is 0 Å². The van der Waals surface area contributed by atoms with Crippen molar-refractivity contribution in [1.82, 2.24) is 9.97 Å². The lowest BCUT2D eigenvalue weighted by Gasteiger charge is -2.07. The molecule has 0 spiro atoms. The Morgan fingerprint density at radius 3 is 2.45 bits per heavy atom. The summed E-state index contributed by atoms with van der Waals surface area (Å²) in [4.78, 5) is 21.1. The average Bonchev–Trinajstić information content (AvgIpc) is 2.39. The maximum Gasteiger partial charge on any atom is 0.339 e. The molecular formula is C14H15N3O2S. The predicted octanol–water partition coefficient (Wildman–Crippen LogP) is 2.61. The minimum atomic E-state index is -0.453. The Bertz CT molecular complexity index is 639. The van der Waals surface area contributed by atoms with E-state index in [0.717, 1.165) is 16.3 Å². The van der Waals surface area contributed by atoms with Crippen LogP contribution in [0.4, 0.5) is 5.69 Å². The van der Waals surface area contributed by atoms with Crippen LogP contribution in [0.3, 0.4) is 0 Å². The first-order valence-electron chi connectivity index (χ1n) is 5.97. The van der Waals surface area contributed by atoms with Crippen molar-refractivity contribution in [3.8, 4) is 0 Å². The van der Waals surface area contributed by atoms with E-state index in [9.17, 15) is 4.79 Å². The lowest BCUT2D eigenvalue weighted by Crippen LogP contribution is -2.05. The van der Waals surface area contributed by atoms with Crippen LogP contribution in [0, 0.1) is 13.8 Å². The Labute approximate surface area is 121 Å². The van der Waals surface area contributed by atoms with E-state index in [4.69, 9.17) is 10.5 Å². The summed E-state index contributed by atoms with van der Waals surface area (Å²) in [7, 11) is 1.33. The third kappa shape index (κ3) is 3.27. The third-order valence-corrected chi connectivity index (χ3v) is 3.46. The first-order chi connectivity index (χ1) is 9.49. The topological polar surface area (TPSA) is 78.1 Å². The number of nitrogen functional groups attached to an aromatic ring is 1. The Hall–Kier alpha value is -2.08. The predicted molar refractivity (Wildman–Crippen MR) is 77.8 cm³/mol. The first-order valence-corrected chi connectivity index (χ1v) is 6.79. The van der Waals surface area contributed by atoms with Crippen molar-refractivity contribution < 1.29 is 9.53 Å². The number of ether oxygens (including phenoxy) is 1. The highest BCUT2D eigenvalue weighted by Gasteiger charge is 2.12. The monoisotopic (exact) mass is 289 g/mol. The number of aromatic nitrogens is 2. The van der Waals surface area contributed by atoms with Crippen molar-refractivity contribution in [2.24, 2.45) is 0 Å². The number of nitrogens with zero attached hydrogens (tertiary/aromatic N) is 2. The van der Waals surface area contributed by atoms with Crippen LogP contribution < -0.4 is 5.73 Å². The van der Waals surface area contributed by atoms with Gasteiger partial charge in [-0.05, 0) is 49.9 Å². The summed E-state index contributed by atoms with van der Waals surface area (Å²) >= 11 is 1.38. The van der Waals surface area contributed by atoms with Crippen LogP contribution in [0.1, 0.15) is 21.7 Å². The number of hydrogen-bond acceptors (Lipinski definition) is 6. The van der Waals surface area contributed by atoms with Crippen LogP contribution >= 0.6 is 11.8 Å². The molecule has 2 rings (SSSR count). The molecule has 0 aliphatic carbocycles. The molecule has 0 aliphatic heterocycles. The number of aryl methyl sites for hydroxylation is 2. The third-order valence-electron chi connectivity index (χ3n) is 2.60. The highest BCUT2D eigenvalue weighted by atomic mass is 32.2. The minimum Gasteiger partial charge on any atom is -0.465 e. The highest BCUT2D eigenvalue weighted by molar-refractivity contribution is 7.99. The fourth-order valence-electron chi connectivity index (χ4n) is 1.73. The summed E-state index contributed by atoms with van der Waals surface area (Å²) < 4.78 is 4.70. The summed E-state index contributed by atoms with van der Waals surface area (Å²) in [5.41, 5.74) is 8.32. The van der Waals surface area contributed by atoms with E-state index in [1.165, 1.54) is 18.9 Å². The minimum absolute atomic E-state index is 0.349. The van der Waals surface area contributed by atoms with Gasteiger partial charge < -0.3 is 10.5 Å². The molecule has 104 valence electrons. The quantitative estimate of drug-likeness (QED) is 0.531. The highest BCUT2D eigenvalue weighted by Crippen LogP contribution is 2.28. The van der Waals surface area contributed by atoms with E-state index >= 15 is 0 Å². The number of rotatable bonds is 3. The van der Waals surface area contributed by atoms with E-state index < -0.39 is 5.97 Å². The number of anilines is 1. The molecule has 0 radical (unpaired) electrons. The molecule has 0 bridgehead atoms. The van der Waals surface area contributed by atoms with Gasteiger partial charge in [0, 0.05) is 22.0 Å². The van der Waals surface area contributed by atoms with Crippen LogP contribution in [0.5, 0.6) is 0 Å². The van der Waals surface area contributed by atoms with Crippen LogP contribution in [0.15, 0.2) is 34.3 Å². The number of carbonyl (C=O) groups is 1. The van der Waals surface area contributed by atoms with E-state index in [0.29, 0.717) is 16.4 Å². The molecular weight excluding hydrogens is 274 g/mol. The van der Waals surface area contributed by atoms with E-state index in [2.05, 4.69) is 9.97 Å². The van der Waals surface area contributed by atoms with Gasteiger partial charge in [-0.3, -0.25) is 0 Å². The van der Waals surface area contributed by atoms with E-state index in [1.54, 1.807) is 12.1 Å². The summed E-state index contributed by atoms with van der Waals surface area (Å²) in [5.74, 6) is -0.453. The molecule has 0 saturated carbocycles. The van der Waals surface area contributed by atoms with Gasteiger partial charge in [0.25, 0.3) is 0 Å². The van der Waals surface area contributed by atoms with Crippen molar-refractivity contribution in [3.63, 3.8) is 0 Å². The number of carbonyl (C=O) groups excluding carboxylic acids is 1. The van der Waals surface area contributed by atoms with Gasteiger partial charge in [-0.25, -0.2) is 14.8 Å². The molecule has 5 nitrogen and oxygen atoms in total. The second kappa shape index (κ2) is 5.92. The Balaban J connectivity index is 2.32. The second-order valence-corrected chi connectivity index (χ2v) is 5.32. The lowest BCUT2D eigenvalue weighted by atomic mass is 10.2. The van der Waals surface area contributed by atoms with Crippen molar-refractivity contribution in [1.29, 1.82) is 0 Å².